The van der Waals surface area contributed by atoms with Crippen LogP contribution in [-0.4, -0.2) is 33.4 Å². The van der Waals surface area contributed by atoms with E-state index in [-0.39, 0.29) is 140 Å². The summed E-state index contributed by atoms with van der Waals surface area (Å²) < 4.78 is 6.34. The fourth-order valence-electron chi connectivity index (χ4n) is 1.55. The second kappa shape index (κ2) is 27.5. The molecule has 0 aliphatic heterocycles. The van der Waals surface area contributed by atoms with Gasteiger partial charge >= 0.3 is 114 Å². The number of phenols is 1. The van der Waals surface area contributed by atoms with Gasteiger partial charge in [0.05, 0.1) is 9.85 Å². The van der Waals surface area contributed by atoms with Crippen LogP contribution in [0.2, 0.25) is 0 Å². The molecule has 2 rings (SSSR count). The van der Waals surface area contributed by atoms with E-state index in [1.165, 1.54) is 30.3 Å². The van der Waals surface area contributed by atoms with E-state index in [2.05, 4.69) is 65.8 Å². The van der Waals surface area contributed by atoms with E-state index in [1.54, 1.807) is 18.2 Å². The number of hydrogen-bond donors (Lipinski definition) is 1. The van der Waals surface area contributed by atoms with Crippen LogP contribution < -0.4 is 113 Å². The van der Waals surface area contributed by atoms with Crippen LogP contribution in [0.15, 0.2) is 70.7 Å². The van der Waals surface area contributed by atoms with Crippen molar-refractivity contribution in [2.24, 2.45) is 0 Å². The van der Waals surface area contributed by atoms with Crippen molar-refractivity contribution in [3.8, 4) is 11.5 Å². The molecule has 2 aromatic carbocycles. The predicted molar refractivity (Wildman–Crippen MR) is 131 cm³/mol. The predicted octanol–water partition coefficient (Wildman–Crippen LogP) is -0.892. The summed E-state index contributed by atoms with van der Waals surface area (Å²) in [4.78, 5) is 30.9. The minimum Gasteiger partial charge on any atom is -1.00 e. The summed E-state index contributed by atoms with van der Waals surface area (Å²) in [6, 6.07) is 8.68. The molecule has 0 radical (unpaired) electrons. The van der Waals surface area contributed by atoms with E-state index in [4.69, 9.17) is 19.9 Å². The van der Waals surface area contributed by atoms with Crippen molar-refractivity contribution in [2.75, 3.05) is 11.9 Å². The zero-order chi connectivity index (χ0) is 25.8. The van der Waals surface area contributed by atoms with Crippen LogP contribution in [0.4, 0.5) is 11.4 Å². The smallest absolute Gasteiger partial charge is 1.00 e. The van der Waals surface area contributed by atoms with Gasteiger partial charge in [-0.25, -0.2) is 0 Å². The Morgan fingerprint density at radius 1 is 0.971 bits per heavy atom. The normalized spacial score (nSPS) is 8.11. The zero-order valence-corrected chi connectivity index (χ0v) is 29.8. The Morgan fingerprint density at radius 3 is 1.74 bits per heavy atom. The number of carbonyl (C=O) groups excluding carboxylic acids is 1. The van der Waals surface area contributed by atoms with Gasteiger partial charge in [-0.1, -0.05) is 66.5 Å². The van der Waals surface area contributed by atoms with Crippen LogP contribution in [-0.2, 0) is 9.68 Å². The number of carbonyl (C=O) groups is 1. The zero-order valence-electron chi connectivity index (χ0n) is 19.8. The second-order valence-corrected chi connectivity index (χ2v) is 7.47. The Kier molecular flexibility index (Phi) is 33.4. The molecule has 0 bridgehead atoms. The molecule has 0 fully saturated rings. The molecule has 0 saturated carbocycles. The minimum atomic E-state index is -0.639. The summed E-state index contributed by atoms with van der Waals surface area (Å²) in [7, 11) is 0. The topological polar surface area (TPSA) is 165 Å². The molecule has 0 atom stereocenters. The van der Waals surface area contributed by atoms with Gasteiger partial charge in [0.15, 0.2) is 11.5 Å². The molecule has 11 nitrogen and oxygen atoms in total. The maximum Gasteiger partial charge on any atom is 1.00 e. The van der Waals surface area contributed by atoms with Gasteiger partial charge in [0.25, 0.3) is 6.47 Å². The van der Waals surface area contributed by atoms with Crippen molar-refractivity contribution < 1.29 is 139 Å². The van der Waals surface area contributed by atoms with Crippen LogP contribution in [0.3, 0.4) is 0 Å². The van der Waals surface area contributed by atoms with Crippen LogP contribution in [0.25, 0.3) is 0 Å². The first-order valence-electron chi connectivity index (χ1n) is 8.29. The number of nitro groups is 2. The maximum absolute atomic E-state index is 10.6. The summed E-state index contributed by atoms with van der Waals surface area (Å²) in [5.74, 6) is -0.0729. The summed E-state index contributed by atoms with van der Waals surface area (Å²) in [5, 5.41) is 39.1. The largest absolute Gasteiger partial charge is 1.00 e. The average molecular weight is 737 g/mol. The Labute approximate surface area is 313 Å². The summed E-state index contributed by atoms with van der Waals surface area (Å²) >= 11 is 9.33. The summed E-state index contributed by atoms with van der Waals surface area (Å²) in [5.41, 5.74) is -0.347. The van der Waals surface area contributed by atoms with Gasteiger partial charge in [-0.05, 0) is 24.3 Å². The number of allylic oxidation sites excluding steroid dienone is 1. The fraction of sp³-hybridized carbons (Fsp3) is 0.105. The molecule has 0 aromatic heterocycles. The molecule has 0 spiro atoms. The maximum atomic E-state index is 10.6. The fourth-order valence-corrected chi connectivity index (χ4v) is 2.24. The van der Waals surface area contributed by atoms with Crippen molar-refractivity contribution in [1.82, 2.24) is 0 Å². The molecule has 0 amide bonds. The molecule has 0 unspecified atom stereocenters. The molecule has 0 saturated heterocycles. The summed E-state index contributed by atoms with van der Waals surface area (Å²) in [6.45, 7) is 6.97. The SMILES string of the molecule is C=CCBr.C=CCOc1ccc(Br)cc1[N+](=O)[O-].O=CO[O-].O=[N+]([O-])c1cc(Br)ccc1O.[H-].[K+].[K+]. The molecular formula is C19H19Br3K2N2O9. The number of ether oxygens (including phenoxy) is 1. The van der Waals surface area contributed by atoms with Crippen LogP contribution in [0.5, 0.6) is 11.5 Å². The van der Waals surface area contributed by atoms with Crippen LogP contribution >= 0.6 is 47.8 Å². The second-order valence-electron chi connectivity index (χ2n) is 4.99. The van der Waals surface area contributed by atoms with Crippen LogP contribution in [0, 0.1) is 20.2 Å². The Bertz CT molecular complexity index is 937. The molecule has 16 heteroatoms. The quantitative estimate of drug-likeness (QED) is 0.0722. The van der Waals surface area contributed by atoms with Gasteiger partial charge < -0.3 is 21.4 Å². The molecule has 35 heavy (non-hydrogen) atoms. The van der Waals surface area contributed by atoms with Gasteiger partial charge in [-0.15, -0.1) is 6.58 Å². The van der Waals surface area contributed by atoms with Crippen LogP contribution in [0.1, 0.15) is 1.43 Å². The first-order chi connectivity index (χ1) is 15.6. The molecule has 0 aliphatic carbocycles. The van der Waals surface area contributed by atoms with E-state index in [0.717, 1.165) is 5.33 Å². The molecule has 182 valence electrons. The van der Waals surface area contributed by atoms with E-state index in [1.807, 2.05) is 0 Å². The molecule has 2 aromatic rings. The van der Waals surface area contributed by atoms with Gasteiger partial charge in [-0.2, -0.15) is 0 Å². The van der Waals surface area contributed by atoms with Crippen molar-refractivity contribution in [2.45, 2.75) is 0 Å². The van der Waals surface area contributed by atoms with Crippen molar-refractivity contribution in [3.63, 3.8) is 0 Å². The number of halogens is 3. The van der Waals surface area contributed by atoms with Gasteiger partial charge in [0.1, 0.15) is 6.61 Å². The molecule has 0 aliphatic rings. The first kappa shape index (κ1) is 42.5. The summed E-state index contributed by atoms with van der Waals surface area (Å²) in [6.07, 6.45) is 3.33. The number of nitro benzene ring substituents is 2. The third-order valence-corrected chi connectivity index (χ3v) is 4.20. The minimum absolute atomic E-state index is 0. The monoisotopic (exact) mass is 734 g/mol. The van der Waals surface area contributed by atoms with E-state index >= 15 is 0 Å². The van der Waals surface area contributed by atoms with Gasteiger partial charge in [0.2, 0.25) is 0 Å². The van der Waals surface area contributed by atoms with Crippen molar-refractivity contribution in [1.29, 1.82) is 0 Å². The van der Waals surface area contributed by atoms with E-state index in [0.29, 0.717) is 8.95 Å². The number of rotatable bonds is 7. The third kappa shape index (κ3) is 22.2. The van der Waals surface area contributed by atoms with Gasteiger partial charge in [-0.3, -0.25) is 25.0 Å². The number of phenolic OH excluding ortho intramolecular Hbond substituents is 1. The van der Waals surface area contributed by atoms with Crippen molar-refractivity contribution in [3.05, 3.63) is 90.9 Å². The first-order valence-corrected chi connectivity index (χ1v) is 11.0. The van der Waals surface area contributed by atoms with Crippen molar-refractivity contribution >= 4 is 65.6 Å². The van der Waals surface area contributed by atoms with E-state index in [9.17, 15) is 20.2 Å². The number of benzene rings is 2. The average Bonchev–Trinajstić information content (AvgIpc) is 2.80. The number of aromatic hydroxyl groups is 1. The van der Waals surface area contributed by atoms with Gasteiger partial charge in [0, 0.05) is 26.4 Å². The number of hydrogen-bond acceptors (Lipinski definition) is 9. The van der Waals surface area contributed by atoms with E-state index < -0.39 is 9.85 Å². The molecule has 1 N–H and O–H groups in total. The Hall–Kier alpha value is 0.463. The number of nitrogens with zero attached hydrogens (tertiary/aromatic N) is 2. The number of alkyl halides is 1. The third-order valence-electron chi connectivity index (χ3n) is 2.76. The molecule has 0 heterocycles. The Morgan fingerprint density at radius 2 is 1.40 bits per heavy atom. The molecular weight excluding hydrogens is 718 g/mol. The Balaban J connectivity index is -0.000000131. The standard InChI is InChI=1S/C9H8BrNO3.C6H4BrNO3.C3H5Br.CH2O3.2K.H/c1-2-5-14-9-4-3-7(10)6-8(9)11(12)13;7-4-1-2-6(9)5(3-4)8(10)11;1-2-3-4;2-1-4-3;;;/h2-4,6H,1,5H2;1-3,9H;2H,1,3H2;1,3H;;;/q;;;;2*+1;-1/p-1.